The summed E-state index contributed by atoms with van der Waals surface area (Å²) >= 11 is 0. The Bertz CT molecular complexity index is 696. The highest BCUT2D eigenvalue weighted by Gasteiger charge is 2.29. The number of hydrogen-bond acceptors (Lipinski definition) is 4. The van der Waals surface area contributed by atoms with Crippen molar-refractivity contribution >= 4 is 17.8 Å². The minimum atomic E-state index is -0.620. The van der Waals surface area contributed by atoms with Crippen LogP contribution in [0.3, 0.4) is 0 Å². The zero-order valence-corrected chi connectivity index (χ0v) is 17.6. The third kappa shape index (κ3) is 5.81. The lowest BCUT2D eigenvalue weighted by molar-refractivity contribution is -0.154. The van der Waals surface area contributed by atoms with Crippen LogP contribution in [-0.2, 0) is 19.7 Å². The second-order valence-electron chi connectivity index (χ2n) is 8.60. The molecule has 1 fully saturated rings. The molecule has 0 bridgehead atoms. The van der Waals surface area contributed by atoms with Crippen molar-refractivity contribution in [2.24, 2.45) is 0 Å². The average molecular weight is 389 g/mol. The SMILES string of the molecule is C[C@H]1CCC[C@H](C)N1C(=O)COC(=O)CNC(=O)c1ccc(C(C)(C)C)cc1. The summed E-state index contributed by atoms with van der Waals surface area (Å²) in [6.45, 7) is 9.78. The van der Waals surface area contributed by atoms with Gasteiger partial charge in [0.15, 0.2) is 6.61 Å². The predicted molar refractivity (Wildman–Crippen MR) is 108 cm³/mol. The van der Waals surface area contributed by atoms with Gasteiger partial charge in [0.05, 0.1) is 0 Å². The number of ether oxygens (including phenoxy) is 1. The van der Waals surface area contributed by atoms with E-state index in [1.165, 1.54) is 0 Å². The first kappa shape index (κ1) is 21.9. The van der Waals surface area contributed by atoms with E-state index in [9.17, 15) is 14.4 Å². The normalized spacial score (nSPS) is 19.8. The van der Waals surface area contributed by atoms with E-state index in [2.05, 4.69) is 26.1 Å². The fourth-order valence-corrected chi connectivity index (χ4v) is 3.56. The molecule has 154 valence electrons. The lowest BCUT2D eigenvalue weighted by atomic mass is 9.87. The molecule has 28 heavy (non-hydrogen) atoms. The number of rotatable bonds is 5. The van der Waals surface area contributed by atoms with E-state index in [-0.39, 0.29) is 42.5 Å². The molecule has 0 saturated carbocycles. The van der Waals surface area contributed by atoms with Crippen molar-refractivity contribution in [1.29, 1.82) is 0 Å². The van der Waals surface area contributed by atoms with Gasteiger partial charge in [0.2, 0.25) is 0 Å². The molecule has 6 nitrogen and oxygen atoms in total. The van der Waals surface area contributed by atoms with E-state index >= 15 is 0 Å². The molecule has 1 aromatic carbocycles. The van der Waals surface area contributed by atoms with Crippen molar-refractivity contribution < 1.29 is 19.1 Å². The van der Waals surface area contributed by atoms with Crippen LogP contribution in [0.4, 0.5) is 0 Å². The fourth-order valence-electron chi connectivity index (χ4n) is 3.56. The molecule has 2 amide bonds. The van der Waals surface area contributed by atoms with E-state index in [0.717, 1.165) is 24.8 Å². The van der Waals surface area contributed by atoms with Gasteiger partial charge in [-0.2, -0.15) is 0 Å². The van der Waals surface area contributed by atoms with Gasteiger partial charge in [0, 0.05) is 17.6 Å². The van der Waals surface area contributed by atoms with Crippen molar-refractivity contribution in [3.63, 3.8) is 0 Å². The highest BCUT2D eigenvalue weighted by atomic mass is 16.5. The third-order valence-corrected chi connectivity index (χ3v) is 5.24. The summed E-state index contributed by atoms with van der Waals surface area (Å²) in [4.78, 5) is 38.2. The van der Waals surface area contributed by atoms with Crippen LogP contribution in [0.15, 0.2) is 24.3 Å². The molecular weight excluding hydrogens is 356 g/mol. The maximum Gasteiger partial charge on any atom is 0.325 e. The number of piperidine rings is 1. The number of carbonyl (C=O) groups is 3. The largest absolute Gasteiger partial charge is 0.454 e. The Morgan fingerprint density at radius 1 is 1.07 bits per heavy atom. The quantitative estimate of drug-likeness (QED) is 0.787. The molecular formula is C22H32N2O4. The van der Waals surface area contributed by atoms with Gasteiger partial charge in [-0.3, -0.25) is 14.4 Å². The highest BCUT2D eigenvalue weighted by Crippen LogP contribution is 2.23. The van der Waals surface area contributed by atoms with Crippen molar-refractivity contribution in [2.45, 2.75) is 71.4 Å². The molecule has 0 radical (unpaired) electrons. The molecule has 1 N–H and O–H groups in total. The van der Waals surface area contributed by atoms with E-state index in [1.807, 2.05) is 26.0 Å². The van der Waals surface area contributed by atoms with Gasteiger partial charge in [0.1, 0.15) is 6.54 Å². The molecule has 0 aromatic heterocycles. The Morgan fingerprint density at radius 2 is 1.64 bits per heavy atom. The number of nitrogens with zero attached hydrogens (tertiary/aromatic N) is 1. The third-order valence-electron chi connectivity index (χ3n) is 5.24. The lowest BCUT2D eigenvalue weighted by Gasteiger charge is -2.38. The first-order valence-electron chi connectivity index (χ1n) is 9.95. The number of benzene rings is 1. The van der Waals surface area contributed by atoms with Gasteiger partial charge in [-0.25, -0.2) is 0 Å². The molecule has 1 saturated heterocycles. The minimum Gasteiger partial charge on any atom is -0.454 e. The monoisotopic (exact) mass is 388 g/mol. The molecule has 1 heterocycles. The number of likely N-dealkylation sites (tertiary alicyclic amines) is 1. The number of carbonyl (C=O) groups excluding carboxylic acids is 3. The van der Waals surface area contributed by atoms with Crippen LogP contribution in [0, 0.1) is 0 Å². The summed E-state index contributed by atoms with van der Waals surface area (Å²) < 4.78 is 5.06. The van der Waals surface area contributed by atoms with Gasteiger partial charge < -0.3 is 15.0 Å². The second-order valence-corrected chi connectivity index (χ2v) is 8.60. The smallest absolute Gasteiger partial charge is 0.325 e. The number of hydrogen-bond donors (Lipinski definition) is 1. The molecule has 1 aliphatic rings. The van der Waals surface area contributed by atoms with Gasteiger partial charge in [-0.15, -0.1) is 0 Å². The zero-order chi connectivity index (χ0) is 20.9. The summed E-state index contributed by atoms with van der Waals surface area (Å²) in [6.07, 6.45) is 3.04. The second kappa shape index (κ2) is 9.22. The summed E-state index contributed by atoms with van der Waals surface area (Å²) in [5.74, 6) is -1.15. The summed E-state index contributed by atoms with van der Waals surface area (Å²) in [5.41, 5.74) is 1.62. The van der Waals surface area contributed by atoms with Gasteiger partial charge in [0.25, 0.3) is 11.8 Å². The summed E-state index contributed by atoms with van der Waals surface area (Å²) in [7, 11) is 0. The van der Waals surface area contributed by atoms with Crippen LogP contribution in [0.1, 0.15) is 69.8 Å². The summed E-state index contributed by atoms with van der Waals surface area (Å²) in [5, 5.41) is 2.54. The Labute approximate surface area is 167 Å². The Balaban J connectivity index is 1.79. The van der Waals surface area contributed by atoms with Crippen LogP contribution >= 0.6 is 0 Å². The van der Waals surface area contributed by atoms with Crippen LogP contribution in [0.2, 0.25) is 0 Å². The van der Waals surface area contributed by atoms with Crippen molar-refractivity contribution in [1.82, 2.24) is 10.2 Å². The van der Waals surface area contributed by atoms with E-state index in [0.29, 0.717) is 5.56 Å². The highest BCUT2D eigenvalue weighted by molar-refractivity contribution is 5.96. The van der Waals surface area contributed by atoms with Crippen molar-refractivity contribution in [2.75, 3.05) is 13.2 Å². The van der Waals surface area contributed by atoms with Gasteiger partial charge >= 0.3 is 5.97 Å². The van der Waals surface area contributed by atoms with Crippen LogP contribution in [0.5, 0.6) is 0 Å². The van der Waals surface area contributed by atoms with E-state index in [1.54, 1.807) is 17.0 Å². The molecule has 2 rings (SSSR count). The molecule has 0 unspecified atom stereocenters. The number of esters is 1. The number of nitrogens with one attached hydrogen (secondary N) is 1. The topological polar surface area (TPSA) is 75.7 Å². The molecule has 1 aliphatic heterocycles. The van der Waals surface area contributed by atoms with E-state index in [4.69, 9.17) is 4.74 Å². The van der Waals surface area contributed by atoms with Gasteiger partial charge in [-0.05, 0) is 56.2 Å². The minimum absolute atomic E-state index is 0.00863. The van der Waals surface area contributed by atoms with Crippen molar-refractivity contribution in [3.05, 3.63) is 35.4 Å². The number of amides is 2. The van der Waals surface area contributed by atoms with E-state index < -0.39 is 5.97 Å². The molecule has 6 heteroatoms. The van der Waals surface area contributed by atoms with Gasteiger partial charge in [-0.1, -0.05) is 32.9 Å². The maximum absolute atomic E-state index is 12.4. The molecule has 1 aromatic rings. The van der Waals surface area contributed by atoms with Crippen LogP contribution in [-0.4, -0.2) is 47.9 Å². The first-order chi connectivity index (χ1) is 13.1. The molecule has 0 spiro atoms. The Hall–Kier alpha value is -2.37. The van der Waals surface area contributed by atoms with Crippen LogP contribution in [0.25, 0.3) is 0 Å². The standard InChI is InChI=1S/C22H32N2O4/c1-15-7-6-8-16(2)24(15)19(25)14-28-20(26)13-23-21(27)17-9-11-18(12-10-17)22(3,4)5/h9-12,15-16H,6-8,13-14H2,1-5H3,(H,23,27)/t15-,16-/m0/s1. The zero-order valence-electron chi connectivity index (χ0n) is 17.6. The van der Waals surface area contributed by atoms with Crippen molar-refractivity contribution in [3.8, 4) is 0 Å². The maximum atomic E-state index is 12.4. The Morgan fingerprint density at radius 3 is 2.18 bits per heavy atom. The Kier molecular flexibility index (Phi) is 7.22. The van der Waals surface area contributed by atoms with Crippen LogP contribution < -0.4 is 5.32 Å². The molecule has 0 aliphatic carbocycles. The first-order valence-corrected chi connectivity index (χ1v) is 9.95. The lowest BCUT2D eigenvalue weighted by Crippen LogP contribution is -2.49. The predicted octanol–water partition coefficient (Wildman–Crippen LogP) is 3.05. The molecule has 2 atom stereocenters. The average Bonchev–Trinajstić information content (AvgIpc) is 2.63. The fraction of sp³-hybridized carbons (Fsp3) is 0.591. The summed E-state index contributed by atoms with van der Waals surface area (Å²) in [6, 6.07) is 7.62.